The Morgan fingerprint density at radius 3 is 2.47 bits per heavy atom. The Morgan fingerprint density at radius 1 is 1.41 bits per heavy atom. The van der Waals surface area contributed by atoms with Crippen LogP contribution in [0.3, 0.4) is 0 Å². The van der Waals surface area contributed by atoms with E-state index in [0.717, 1.165) is 0 Å². The molecule has 0 spiro atoms. The highest BCUT2D eigenvalue weighted by Gasteiger charge is 2.66. The van der Waals surface area contributed by atoms with Crippen LogP contribution in [-0.4, -0.2) is 32.2 Å². The molecule has 1 fully saturated rings. The number of rotatable bonds is 3. The lowest BCUT2D eigenvalue weighted by atomic mass is 10.1. The summed E-state index contributed by atoms with van der Waals surface area (Å²) in [7, 11) is 0. The summed E-state index contributed by atoms with van der Waals surface area (Å²) in [4.78, 5) is 26.7. The van der Waals surface area contributed by atoms with E-state index in [1.807, 2.05) is 0 Å². The highest BCUT2D eigenvalue weighted by molar-refractivity contribution is 5.98. The Bertz CT molecular complexity index is 480. The van der Waals surface area contributed by atoms with Crippen molar-refractivity contribution in [1.82, 2.24) is 15.2 Å². The van der Waals surface area contributed by atoms with Crippen molar-refractivity contribution < 1.29 is 14.7 Å². The molecule has 1 saturated carbocycles. The maximum atomic E-state index is 11.8. The van der Waals surface area contributed by atoms with Crippen LogP contribution in [0.4, 0.5) is 5.95 Å². The van der Waals surface area contributed by atoms with Crippen molar-refractivity contribution in [2.24, 2.45) is 17.3 Å². The molecule has 2 rings (SSSR count). The highest BCUT2D eigenvalue weighted by atomic mass is 16.4. The topological polar surface area (TPSA) is 108 Å². The summed E-state index contributed by atoms with van der Waals surface area (Å²) in [5.74, 6) is -1.69. The molecule has 1 heterocycles. The van der Waals surface area contributed by atoms with Gasteiger partial charge in [0, 0.05) is 0 Å². The molecule has 0 radical (unpaired) electrons. The minimum absolute atomic E-state index is 0.180. The summed E-state index contributed by atoms with van der Waals surface area (Å²) in [5, 5.41) is 17.8. The van der Waals surface area contributed by atoms with E-state index in [0.29, 0.717) is 5.82 Å². The van der Waals surface area contributed by atoms with E-state index in [1.165, 1.54) is 0 Å². The molecule has 3 N–H and O–H groups in total. The van der Waals surface area contributed by atoms with Crippen molar-refractivity contribution in [2.45, 2.75) is 20.8 Å². The number of nitrogens with one attached hydrogen (secondary N) is 2. The first-order valence-corrected chi connectivity index (χ1v) is 5.26. The van der Waals surface area contributed by atoms with E-state index in [9.17, 15) is 9.59 Å². The quantitative estimate of drug-likeness (QED) is 0.706. The lowest BCUT2D eigenvalue weighted by molar-refractivity contribution is -0.140. The molecule has 7 nitrogen and oxygen atoms in total. The molecule has 0 bridgehead atoms. The second kappa shape index (κ2) is 3.54. The normalized spacial score (nSPS) is 25.4. The van der Waals surface area contributed by atoms with E-state index < -0.39 is 23.2 Å². The van der Waals surface area contributed by atoms with Crippen LogP contribution in [0.2, 0.25) is 0 Å². The van der Waals surface area contributed by atoms with Crippen molar-refractivity contribution >= 4 is 17.8 Å². The Morgan fingerprint density at radius 2 is 2.06 bits per heavy atom. The molecule has 0 aliphatic heterocycles. The Kier molecular flexibility index (Phi) is 2.41. The van der Waals surface area contributed by atoms with Gasteiger partial charge in [-0.05, 0) is 12.3 Å². The molecule has 2 atom stereocenters. The zero-order valence-corrected chi connectivity index (χ0v) is 9.81. The molecule has 1 aliphatic rings. The maximum absolute atomic E-state index is 11.8. The third kappa shape index (κ3) is 1.88. The van der Waals surface area contributed by atoms with Gasteiger partial charge in [-0.3, -0.25) is 20.0 Å². The molecular formula is C10H14N4O3. The molecule has 2 unspecified atom stereocenters. The predicted molar refractivity (Wildman–Crippen MR) is 58.1 cm³/mol. The van der Waals surface area contributed by atoms with E-state index in [1.54, 1.807) is 20.8 Å². The number of hydrogen-bond donors (Lipinski definition) is 3. The third-order valence-electron chi connectivity index (χ3n) is 3.21. The van der Waals surface area contributed by atoms with Gasteiger partial charge >= 0.3 is 5.97 Å². The van der Waals surface area contributed by atoms with Crippen molar-refractivity contribution in [2.75, 3.05) is 5.32 Å². The number of hydrogen-bond acceptors (Lipinski definition) is 4. The molecular weight excluding hydrogens is 224 g/mol. The fourth-order valence-corrected chi connectivity index (χ4v) is 2.17. The number of carboxylic acid groups (broad SMARTS) is 1. The smallest absolute Gasteiger partial charge is 0.307 e. The van der Waals surface area contributed by atoms with Crippen LogP contribution in [0.25, 0.3) is 0 Å². The minimum atomic E-state index is -0.943. The average molecular weight is 238 g/mol. The molecule has 1 aliphatic carbocycles. The number of aryl methyl sites for hydroxylation is 1. The number of aliphatic carboxylic acids is 1. The first-order chi connectivity index (χ1) is 7.84. The van der Waals surface area contributed by atoms with Gasteiger partial charge in [-0.2, -0.15) is 4.98 Å². The number of carbonyl (C=O) groups excluding carboxylic acids is 1. The van der Waals surface area contributed by atoms with Gasteiger partial charge in [0.25, 0.3) is 0 Å². The van der Waals surface area contributed by atoms with Crippen molar-refractivity contribution in [1.29, 1.82) is 0 Å². The van der Waals surface area contributed by atoms with Gasteiger partial charge in [0.05, 0.1) is 11.8 Å². The zero-order chi connectivity index (χ0) is 12.8. The highest BCUT2D eigenvalue weighted by Crippen LogP contribution is 2.58. The summed E-state index contributed by atoms with van der Waals surface area (Å²) in [6, 6.07) is 0. The second-order valence-electron chi connectivity index (χ2n) is 4.85. The van der Waals surface area contributed by atoms with E-state index >= 15 is 0 Å². The largest absolute Gasteiger partial charge is 0.481 e. The van der Waals surface area contributed by atoms with Gasteiger partial charge in [0.2, 0.25) is 11.9 Å². The van der Waals surface area contributed by atoms with Crippen LogP contribution < -0.4 is 5.32 Å². The third-order valence-corrected chi connectivity index (χ3v) is 3.21. The van der Waals surface area contributed by atoms with Crippen molar-refractivity contribution in [3.8, 4) is 0 Å². The van der Waals surface area contributed by atoms with Gasteiger partial charge in [0.1, 0.15) is 5.82 Å². The van der Waals surface area contributed by atoms with Crippen molar-refractivity contribution in [3.05, 3.63) is 5.82 Å². The lowest BCUT2D eigenvalue weighted by Crippen LogP contribution is -2.18. The average Bonchev–Trinajstić information content (AvgIpc) is 2.54. The summed E-state index contributed by atoms with van der Waals surface area (Å²) in [5.41, 5.74) is -0.513. The Labute approximate surface area is 97.6 Å². The van der Waals surface area contributed by atoms with Gasteiger partial charge in [-0.15, -0.1) is 5.10 Å². The number of H-pyrrole nitrogens is 1. The van der Waals surface area contributed by atoms with E-state index in [2.05, 4.69) is 20.5 Å². The van der Waals surface area contributed by atoms with Gasteiger partial charge in [0.15, 0.2) is 0 Å². The summed E-state index contributed by atoms with van der Waals surface area (Å²) in [6.07, 6.45) is 0. The summed E-state index contributed by atoms with van der Waals surface area (Å²) >= 11 is 0. The van der Waals surface area contributed by atoms with Crippen LogP contribution >= 0.6 is 0 Å². The standard InChI is InChI=1S/C10H14N4O3/c1-4-11-9(14-13-4)12-7(15)5-6(8(16)17)10(5,2)3/h5-6H,1-3H3,(H,16,17)(H2,11,12,13,14,15). The lowest BCUT2D eigenvalue weighted by Gasteiger charge is -2.01. The fourth-order valence-electron chi connectivity index (χ4n) is 2.17. The Balaban J connectivity index is 2.05. The van der Waals surface area contributed by atoms with Gasteiger partial charge in [-0.25, -0.2) is 0 Å². The minimum Gasteiger partial charge on any atom is -0.481 e. The summed E-state index contributed by atoms with van der Waals surface area (Å²) in [6.45, 7) is 5.24. The van der Waals surface area contributed by atoms with E-state index in [-0.39, 0.29) is 11.9 Å². The molecule has 92 valence electrons. The van der Waals surface area contributed by atoms with Crippen LogP contribution in [0, 0.1) is 24.2 Å². The number of anilines is 1. The monoisotopic (exact) mass is 238 g/mol. The van der Waals surface area contributed by atoms with Crippen LogP contribution in [0.1, 0.15) is 19.7 Å². The van der Waals surface area contributed by atoms with Crippen molar-refractivity contribution in [3.63, 3.8) is 0 Å². The second-order valence-corrected chi connectivity index (χ2v) is 4.85. The number of aromatic amines is 1. The molecule has 0 saturated heterocycles. The van der Waals surface area contributed by atoms with Crippen LogP contribution in [0.5, 0.6) is 0 Å². The number of carbonyl (C=O) groups is 2. The first kappa shape index (κ1) is 11.6. The molecule has 1 amide bonds. The fraction of sp³-hybridized carbons (Fsp3) is 0.600. The summed E-state index contributed by atoms with van der Waals surface area (Å²) < 4.78 is 0. The molecule has 0 aromatic carbocycles. The number of carboxylic acids is 1. The van der Waals surface area contributed by atoms with E-state index in [4.69, 9.17) is 5.11 Å². The number of nitrogens with zero attached hydrogens (tertiary/aromatic N) is 2. The number of aromatic nitrogens is 3. The molecule has 17 heavy (non-hydrogen) atoms. The molecule has 1 aromatic rings. The van der Waals surface area contributed by atoms with Gasteiger partial charge in [-0.1, -0.05) is 13.8 Å². The SMILES string of the molecule is Cc1nc(NC(=O)C2C(C(=O)O)C2(C)C)n[nH]1. The predicted octanol–water partition coefficient (Wildman–Crippen LogP) is 0.408. The van der Waals surface area contributed by atoms with Crippen LogP contribution in [0.15, 0.2) is 0 Å². The first-order valence-electron chi connectivity index (χ1n) is 5.26. The maximum Gasteiger partial charge on any atom is 0.307 e. The molecule has 1 aromatic heterocycles. The Hall–Kier alpha value is -1.92. The zero-order valence-electron chi connectivity index (χ0n) is 9.81. The number of amides is 1. The van der Waals surface area contributed by atoms with Crippen LogP contribution in [-0.2, 0) is 9.59 Å². The van der Waals surface area contributed by atoms with Gasteiger partial charge < -0.3 is 5.11 Å². The molecule has 7 heteroatoms.